The van der Waals surface area contributed by atoms with Crippen LogP contribution in [0.3, 0.4) is 0 Å². The van der Waals surface area contributed by atoms with Crippen molar-refractivity contribution in [2.75, 3.05) is 5.88 Å². The second-order valence-electron chi connectivity index (χ2n) is 8.53. The number of hydrogen-bond donors (Lipinski definition) is 1. The molecule has 0 aromatic heterocycles. The lowest BCUT2D eigenvalue weighted by atomic mass is 10.00. The Labute approximate surface area is 159 Å². The van der Waals surface area contributed by atoms with Crippen LogP contribution in [0.1, 0.15) is 58.2 Å². The van der Waals surface area contributed by atoms with E-state index in [-0.39, 0.29) is 16.7 Å². The summed E-state index contributed by atoms with van der Waals surface area (Å²) in [6, 6.07) is 7.70. The molecule has 3 rings (SSSR count). The molecule has 1 N–H and O–H groups in total. The maximum atomic E-state index is 13.1. The zero-order valence-corrected chi connectivity index (χ0v) is 17.0. The van der Waals surface area contributed by atoms with Gasteiger partial charge in [0.15, 0.2) is 0 Å². The molecule has 2 aliphatic rings. The van der Waals surface area contributed by atoms with Gasteiger partial charge in [-0.05, 0) is 58.6 Å². The first-order valence-corrected chi connectivity index (χ1v) is 10.1. The van der Waals surface area contributed by atoms with E-state index in [1.807, 2.05) is 46.8 Å². The quantitative estimate of drug-likeness (QED) is 0.851. The lowest BCUT2D eigenvalue weighted by Crippen LogP contribution is -2.54. The fourth-order valence-electron chi connectivity index (χ4n) is 3.66. The number of benzene rings is 1. The fourth-order valence-corrected chi connectivity index (χ4v) is 4.78. The van der Waals surface area contributed by atoms with Crippen LogP contribution in [0.2, 0.25) is 0 Å². The SMILES string of the molecule is CC(C)(C)OC(=O)N1CSC(C)(C)[C@H]1C(=O)N[C@H]1CCc2ccccc21. The number of amides is 2. The Morgan fingerprint density at radius 3 is 2.65 bits per heavy atom. The predicted molar refractivity (Wildman–Crippen MR) is 104 cm³/mol. The molecular weight excluding hydrogens is 348 g/mol. The average Bonchev–Trinajstić information content (AvgIpc) is 3.06. The molecule has 0 spiro atoms. The van der Waals surface area contributed by atoms with Gasteiger partial charge in [0, 0.05) is 4.75 Å². The topological polar surface area (TPSA) is 58.6 Å². The maximum Gasteiger partial charge on any atom is 0.411 e. The van der Waals surface area contributed by atoms with E-state index in [1.54, 1.807) is 16.7 Å². The molecule has 1 saturated heterocycles. The number of rotatable bonds is 2. The fraction of sp³-hybridized carbons (Fsp3) is 0.600. The number of aryl methyl sites for hydroxylation is 1. The first kappa shape index (κ1) is 19.1. The van der Waals surface area contributed by atoms with E-state index in [0.717, 1.165) is 12.8 Å². The zero-order chi connectivity index (χ0) is 19.1. The molecule has 142 valence electrons. The van der Waals surface area contributed by atoms with Crippen molar-refractivity contribution in [1.82, 2.24) is 10.2 Å². The number of ether oxygens (including phenoxy) is 1. The van der Waals surface area contributed by atoms with Gasteiger partial charge in [-0.2, -0.15) is 0 Å². The van der Waals surface area contributed by atoms with Gasteiger partial charge in [0.2, 0.25) is 5.91 Å². The molecule has 1 heterocycles. The minimum absolute atomic E-state index is 0.0144. The Morgan fingerprint density at radius 2 is 1.96 bits per heavy atom. The monoisotopic (exact) mass is 376 g/mol. The van der Waals surface area contributed by atoms with E-state index in [9.17, 15) is 9.59 Å². The van der Waals surface area contributed by atoms with Crippen molar-refractivity contribution in [3.8, 4) is 0 Å². The molecule has 26 heavy (non-hydrogen) atoms. The van der Waals surface area contributed by atoms with E-state index in [2.05, 4.69) is 17.4 Å². The number of carbonyl (C=O) groups is 2. The molecule has 6 heteroatoms. The van der Waals surface area contributed by atoms with E-state index in [1.165, 1.54) is 11.1 Å². The second-order valence-corrected chi connectivity index (χ2v) is 10.1. The largest absolute Gasteiger partial charge is 0.444 e. The lowest BCUT2D eigenvalue weighted by molar-refractivity contribution is -0.127. The van der Waals surface area contributed by atoms with Crippen molar-refractivity contribution in [2.24, 2.45) is 0 Å². The molecule has 5 nitrogen and oxygen atoms in total. The van der Waals surface area contributed by atoms with Crippen molar-refractivity contribution in [2.45, 2.75) is 69.9 Å². The van der Waals surface area contributed by atoms with Crippen molar-refractivity contribution in [3.63, 3.8) is 0 Å². The normalized spacial score (nSPS) is 24.3. The molecule has 1 aromatic rings. The molecule has 1 fully saturated rings. The molecule has 1 aliphatic carbocycles. The highest BCUT2D eigenvalue weighted by molar-refractivity contribution is 8.00. The lowest BCUT2D eigenvalue weighted by Gasteiger charge is -2.32. The van der Waals surface area contributed by atoms with Gasteiger partial charge in [-0.3, -0.25) is 9.69 Å². The molecule has 0 radical (unpaired) electrons. The highest BCUT2D eigenvalue weighted by Crippen LogP contribution is 2.41. The van der Waals surface area contributed by atoms with Gasteiger partial charge in [-0.25, -0.2) is 4.79 Å². The Balaban J connectivity index is 1.76. The maximum absolute atomic E-state index is 13.1. The summed E-state index contributed by atoms with van der Waals surface area (Å²) in [4.78, 5) is 27.3. The summed E-state index contributed by atoms with van der Waals surface area (Å²) in [5.74, 6) is 0.355. The number of thioether (sulfide) groups is 1. The number of hydrogen-bond acceptors (Lipinski definition) is 4. The summed E-state index contributed by atoms with van der Waals surface area (Å²) < 4.78 is 5.15. The van der Waals surface area contributed by atoms with E-state index in [4.69, 9.17) is 4.74 Å². The average molecular weight is 377 g/mol. The Hall–Kier alpha value is -1.69. The summed E-state index contributed by atoms with van der Waals surface area (Å²) in [5.41, 5.74) is 1.90. The number of nitrogens with zero attached hydrogens (tertiary/aromatic N) is 1. The van der Waals surface area contributed by atoms with Crippen LogP contribution in [0.5, 0.6) is 0 Å². The molecule has 1 aromatic carbocycles. The highest BCUT2D eigenvalue weighted by Gasteiger charge is 2.49. The van der Waals surface area contributed by atoms with Gasteiger partial charge in [-0.1, -0.05) is 24.3 Å². The van der Waals surface area contributed by atoms with Crippen LogP contribution in [-0.2, 0) is 16.0 Å². The molecule has 2 atom stereocenters. The molecule has 0 unspecified atom stereocenters. The van der Waals surface area contributed by atoms with E-state index >= 15 is 0 Å². The van der Waals surface area contributed by atoms with Crippen LogP contribution in [-0.4, -0.2) is 39.2 Å². The smallest absolute Gasteiger partial charge is 0.411 e. The van der Waals surface area contributed by atoms with Crippen molar-refractivity contribution in [1.29, 1.82) is 0 Å². The molecular formula is C20H28N2O3S. The number of fused-ring (bicyclic) bond motifs is 1. The van der Waals surface area contributed by atoms with Crippen LogP contribution >= 0.6 is 11.8 Å². The molecule has 2 amide bonds. The van der Waals surface area contributed by atoms with Gasteiger partial charge < -0.3 is 10.1 Å². The van der Waals surface area contributed by atoms with Crippen LogP contribution in [0.25, 0.3) is 0 Å². The van der Waals surface area contributed by atoms with E-state index < -0.39 is 17.7 Å². The minimum atomic E-state index is -0.583. The summed E-state index contributed by atoms with van der Waals surface area (Å²) >= 11 is 1.61. The van der Waals surface area contributed by atoms with Crippen molar-refractivity contribution >= 4 is 23.8 Å². The highest BCUT2D eigenvalue weighted by atomic mass is 32.2. The zero-order valence-electron chi connectivity index (χ0n) is 16.2. The summed E-state index contributed by atoms with van der Waals surface area (Å²) in [5, 5.41) is 3.18. The molecule has 1 aliphatic heterocycles. The summed E-state index contributed by atoms with van der Waals surface area (Å²) in [6.07, 6.45) is 1.44. The Morgan fingerprint density at radius 1 is 1.27 bits per heavy atom. The van der Waals surface area contributed by atoms with Gasteiger partial charge in [-0.15, -0.1) is 11.8 Å². The third-order valence-corrected chi connectivity index (χ3v) is 6.25. The van der Waals surface area contributed by atoms with Gasteiger partial charge in [0.05, 0.1) is 11.9 Å². The molecule has 0 bridgehead atoms. The minimum Gasteiger partial charge on any atom is -0.444 e. The second kappa shape index (κ2) is 6.80. The third kappa shape index (κ3) is 3.85. The van der Waals surface area contributed by atoms with Crippen molar-refractivity contribution in [3.05, 3.63) is 35.4 Å². The van der Waals surface area contributed by atoms with Gasteiger partial charge >= 0.3 is 6.09 Å². The van der Waals surface area contributed by atoms with Gasteiger partial charge in [0.25, 0.3) is 0 Å². The van der Waals surface area contributed by atoms with Crippen LogP contribution in [0.4, 0.5) is 4.79 Å². The Kier molecular flexibility index (Phi) is 4.99. The van der Waals surface area contributed by atoms with Crippen LogP contribution in [0.15, 0.2) is 24.3 Å². The first-order valence-electron chi connectivity index (χ1n) is 9.10. The predicted octanol–water partition coefficient (Wildman–Crippen LogP) is 3.88. The Bertz CT molecular complexity index is 711. The van der Waals surface area contributed by atoms with Crippen molar-refractivity contribution < 1.29 is 14.3 Å². The summed E-state index contributed by atoms with van der Waals surface area (Å²) in [7, 11) is 0. The number of nitrogens with one attached hydrogen (secondary N) is 1. The first-order chi connectivity index (χ1) is 12.1. The third-order valence-electron chi connectivity index (χ3n) is 4.87. The van der Waals surface area contributed by atoms with Crippen LogP contribution in [0, 0.1) is 0 Å². The standard InChI is InChI=1S/C20H28N2O3S/c1-19(2,3)25-18(24)22-12-26-20(4,5)16(22)17(23)21-15-11-10-13-8-6-7-9-14(13)15/h6-9,15-16H,10-12H2,1-5H3,(H,21,23)/t15-,16+/m0/s1. The van der Waals surface area contributed by atoms with E-state index in [0.29, 0.717) is 5.88 Å². The number of carbonyl (C=O) groups excluding carboxylic acids is 2. The molecule has 0 saturated carbocycles. The van der Waals surface area contributed by atoms with Gasteiger partial charge in [0.1, 0.15) is 11.6 Å². The van der Waals surface area contributed by atoms with Crippen LogP contribution < -0.4 is 5.32 Å². The summed E-state index contributed by atoms with van der Waals surface area (Å²) in [6.45, 7) is 9.53.